The minimum absolute atomic E-state index is 0.0315. The molecule has 1 aromatic carbocycles. The molecule has 1 rings (SSSR count). The van der Waals surface area contributed by atoms with Crippen molar-refractivity contribution >= 4 is 40.6 Å². The number of methoxy groups -OCH3 is 1. The van der Waals surface area contributed by atoms with Crippen LogP contribution in [0.2, 0.25) is 0 Å². The van der Waals surface area contributed by atoms with E-state index in [9.17, 15) is 19.2 Å². The maximum Gasteiger partial charge on any atom is 0.308 e. The Morgan fingerprint density at radius 2 is 1.71 bits per heavy atom. The van der Waals surface area contributed by atoms with Crippen LogP contribution < -0.4 is 10.6 Å². The van der Waals surface area contributed by atoms with E-state index in [0.29, 0.717) is 29.9 Å². The van der Waals surface area contributed by atoms with Gasteiger partial charge in [0.1, 0.15) is 0 Å². The molecule has 0 aliphatic rings. The highest BCUT2D eigenvalue weighted by Crippen LogP contribution is 2.18. The SMILES string of the molecule is CC#Cc1ccc(C(=O)C[C@@H](CCCCNC(C)=S)C(=O)N[C@@H](C)C(=O)C[C@@H](C)C(=O)OC)cc1. The van der Waals surface area contributed by atoms with Crippen LogP contribution in [0.1, 0.15) is 75.7 Å². The molecule has 3 atom stereocenters. The largest absolute Gasteiger partial charge is 0.469 e. The monoisotopic (exact) mass is 500 g/mol. The molecule has 190 valence electrons. The van der Waals surface area contributed by atoms with Crippen molar-refractivity contribution in [3.63, 3.8) is 0 Å². The average Bonchev–Trinajstić information content (AvgIpc) is 2.82. The van der Waals surface area contributed by atoms with E-state index in [1.807, 2.05) is 0 Å². The van der Waals surface area contributed by atoms with Gasteiger partial charge < -0.3 is 15.4 Å². The zero-order chi connectivity index (χ0) is 26.4. The molecule has 0 heterocycles. The first-order valence-corrected chi connectivity index (χ1v) is 12.2. The van der Waals surface area contributed by atoms with Crippen molar-refractivity contribution in [2.24, 2.45) is 11.8 Å². The number of carbonyl (C=O) groups is 4. The van der Waals surface area contributed by atoms with Gasteiger partial charge in [-0.25, -0.2) is 0 Å². The Hall–Kier alpha value is -3.05. The minimum atomic E-state index is -0.779. The van der Waals surface area contributed by atoms with Crippen LogP contribution in [0.4, 0.5) is 0 Å². The van der Waals surface area contributed by atoms with Gasteiger partial charge in [0.2, 0.25) is 5.91 Å². The van der Waals surface area contributed by atoms with E-state index in [-0.39, 0.29) is 30.3 Å². The number of amides is 1. The molecule has 0 aromatic heterocycles. The minimum Gasteiger partial charge on any atom is -0.469 e. The highest BCUT2D eigenvalue weighted by molar-refractivity contribution is 7.80. The lowest BCUT2D eigenvalue weighted by Crippen LogP contribution is -2.43. The van der Waals surface area contributed by atoms with Gasteiger partial charge in [0.25, 0.3) is 0 Å². The van der Waals surface area contributed by atoms with E-state index < -0.39 is 23.8 Å². The molecular formula is C27H36N2O5S. The number of Topliss-reactive ketones (excluding diaryl/α,β-unsaturated/α-hetero) is 2. The molecule has 8 heteroatoms. The topological polar surface area (TPSA) is 102 Å². The molecule has 0 fully saturated rings. The number of nitrogens with one attached hydrogen (secondary N) is 2. The second kappa shape index (κ2) is 15.8. The molecule has 0 unspecified atom stereocenters. The number of unbranched alkanes of at least 4 members (excludes halogenated alkanes) is 1. The van der Waals surface area contributed by atoms with Crippen LogP contribution in [-0.2, 0) is 19.1 Å². The number of benzene rings is 1. The summed E-state index contributed by atoms with van der Waals surface area (Å²) < 4.78 is 4.66. The van der Waals surface area contributed by atoms with Gasteiger partial charge in [-0.2, -0.15) is 0 Å². The van der Waals surface area contributed by atoms with Crippen LogP contribution in [0.25, 0.3) is 0 Å². The Balaban J connectivity index is 2.84. The van der Waals surface area contributed by atoms with Crippen molar-refractivity contribution in [3.05, 3.63) is 35.4 Å². The van der Waals surface area contributed by atoms with Crippen LogP contribution in [0.15, 0.2) is 24.3 Å². The third-order valence-electron chi connectivity index (χ3n) is 5.58. The molecule has 0 saturated heterocycles. The quantitative estimate of drug-likeness (QED) is 0.132. The maximum absolute atomic E-state index is 13.1. The van der Waals surface area contributed by atoms with Gasteiger partial charge >= 0.3 is 5.97 Å². The van der Waals surface area contributed by atoms with Gasteiger partial charge in [0.05, 0.1) is 24.1 Å². The van der Waals surface area contributed by atoms with Crippen molar-refractivity contribution < 1.29 is 23.9 Å². The Labute approximate surface area is 213 Å². The summed E-state index contributed by atoms with van der Waals surface area (Å²) in [6.45, 7) is 7.43. The number of rotatable bonds is 14. The smallest absolute Gasteiger partial charge is 0.308 e. The van der Waals surface area contributed by atoms with Crippen LogP contribution >= 0.6 is 12.2 Å². The summed E-state index contributed by atoms with van der Waals surface area (Å²) in [5.74, 6) is 3.33. The molecule has 0 aliphatic carbocycles. The standard InChI is InChI=1S/C27H36N2O5S/c1-6-9-21-11-13-22(14-12-21)25(31)17-23(10-7-8-15-28-20(4)35)26(32)29-19(3)24(30)16-18(2)27(33)34-5/h11-14,18-19,23H,7-8,10,15-17H2,1-5H3,(H,28,35)(H,29,32)/t18-,19+,23-/m1/s1. The second-order valence-electron chi connectivity index (χ2n) is 8.58. The zero-order valence-electron chi connectivity index (χ0n) is 21.2. The molecule has 0 aliphatic heterocycles. The van der Waals surface area contributed by atoms with Gasteiger partial charge in [-0.05, 0) is 45.7 Å². The number of hydrogen-bond donors (Lipinski definition) is 2. The van der Waals surface area contributed by atoms with Crippen molar-refractivity contribution in [3.8, 4) is 11.8 Å². The van der Waals surface area contributed by atoms with Crippen LogP contribution in [0.3, 0.4) is 0 Å². The lowest BCUT2D eigenvalue weighted by Gasteiger charge is -2.20. The molecule has 7 nitrogen and oxygen atoms in total. The van der Waals surface area contributed by atoms with Gasteiger partial charge in [-0.1, -0.05) is 43.6 Å². The Kier molecular flexibility index (Phi) is 13.5. The first-order chi connectivity index (χ1) is 16.6. The molecule has 0 saturated carbocycles. The summed E-state index contributed by atoms with van der Waals surface area (Å²) in [6, 6.07) is 6.20. The molecule has 35 heavy (non-hydrogen) atoms. The highest BCUT2D eigenvalue weighted by atomic mass is 32.1. The zero-order valence-corrected chi connectivity index (χ0v) is 22.1. The summed E-state index contributed by atoms with van der Waals surface area (Å²) in [5.41, 5.74) is 1.33. The Morgan fingerprint density at radius 1 is 1.06 bits per heavy atom. The summed E-state index contributed by atoms with van der Waals surface area (Å²) >= 11 is 5.01. The maximum atomic E-state index is 13.1. The average molecular weight is 501 g/mol. The van der Waals surface area contributed by atoms with E-state index in [0.717, 1.165) is 12.0 Å². The molecule has 0 spiro atoms. The van der Waals surface area contributed by atoms with Gasteiger partial charge in [-0.3, -0.25) is 19.2 Å². The van der Waals surface area contributed by atoms with Gasteiger partial charge in [-0.15, -0.1) is 5.92 Å². The third-order valence-corrected chi connectivity index (χ3v) is 5.73. The summed E-state index contributed by atoms with van der Waals surface area (Å²) in [7, 11) is 1.27. The Morgan fingerprint density at radius 3 is 2.29 bits per heavy atom. The fourth-order valence-corrected chi connectivity index (χ4v) is 3.61. The molecule has 0 radical (unpaired) electrons. The Bertz CT molecular complexity index is 962. The number of carbonyl (C=O) groups excluding carboxylic acids is 4. The summed E-state index contributed by atoms with van der Waals surface area (Å²) in [5, 5.41) is 5.82. The van der Waals surface area contributed by atoms with Gasteiger partial charge in [0, 0.05) is 36.4 Å². The fourth-order valence-electron chi connectivity index (χ4n) is 3.51. The van der Waals surface area contributed by atoms with Crippen molar-refractivity contribution in [2.45, 2.75) is 65.8 Å². The van der Waals surface area contributed by atoms with E-state index in [1.54, 1.807) is 52.0 Å². The predicted octanol–water partition coefficient (Wildman–Crippen LogP) is 3.63. The predicted molar refractivity (Wildman–Crippen MR) is 140 cm³/mol. The summed E-state index contributed by atoms with van der Waals surface area (Å²) in [6.07, 6.45) is 2.00. The van der Waals surface area contributed by atoms with Crippen LogP contribution in [0, 0.1) is 23.7 Å². The van der Waals surface area contributed by atoms with Crippen molar-refractivity contribution in [2.75, 3.05) is 13.7 Å². The van der Waals surface area contributed by atoms with Crippen molar-refractivity contribution in [1.29, 1.82) is 0 Å². The number of ketones is 2. The molecular weight excluding hydrogens is 464 g/mol. The van der Waals surface area contributed by atoms with E-state index in [2.05, 4.69) is 27.2 Å². The van der Waals surface area contributed by atoms with Crippen molar-refractivity contribution in [1.82, 2.24) is 10.6 Å². The lowest BCUT2D eigenvalue weighted by atomic mass is 9.91. The molecule has 1 amide bonds. The van der Waals surface area contributed by atoms with Gasteiger partial charge in [0.15, 0.2) is 11.6 Å². The lowest BCUT2D eigenvalue weighted by molar-refractivity contribution is -0.146. The molecule has 2 N–H and O–H groups in total. The fraction of sp³-hybridized carbons (Fsp3) is 0.519. The normalized spacial score (nSPS) is 12.8. The number of ether oxygens (including phenoxy) is 1. The first-order valence-electron chi connectivity index (χ1n) is 11.8. The molecule has 1 aromatic rings. The third kappa shape index (κ3) is 11.3. The number of esters is 1. The number of hydrogen-bond acceptors (Lipinski definition) is 6. The highest BCUT2D eigenvalue weighted by Gasteiger charge is 2.27. The van der Waals surface area contributed by atoms with E-state index in [4.69, 9.17) is 12.2 Å². The summed E-state index contributed by atoms with van der Waals surface area (Å²) in [4.78, 5) is 50.8. The van der Waals surface area contributed by atoms with E-state index in [1.165, 1.54) is 7.11 Å². The second-order valence-corrected chi connectivity index (χ2v) is 9.19. The van der Waals surface area contributed by atoms with E-state index >= 15 is 0 Å². The van der Waals surface area contributed by atoms with Crippen LogP contribution in [0.5, 0.6) is 0 Å². The number of thiocarbonyl (C=S) groups is 1. The molecule has 0 bridgehead atoms. The van der Waals surface area contributed by atoms with Crippen LogP contribution in [-0.4, -0.2) is 48.1 Å². The first kappa shape index (κ1) is 30.0.